The third-order valence-electron chi connectivity index (χ3n) is 4.30. The first kappa shape index (κ1) is 18.3. The van der Waals surface area contributed by atoms with Crippen molar-refractivity contribution in [2.24, 2.45) is 5.92 Å². The number of carboxylic acid groups (broad SMARTS) is 1. The lowest BCUT2D eigenvalue weighted by atomic mass is 9.88. The Morgan fingerprint density at radius 2 is 2.15 bits per heavy atom. The monoisotopic (exact) mass is 371 g/mol. The van der Waals surface area contributed by atoms with Crippen molar-refractivity contribution in [3.8, 4) is 0 Å². The van der Waals surface area contributed by atoms with Crippen molar-refractivity contribution in [2.45, 2.75) is 19.8 Å². The van der Waals surface area contributed by atoms with Gasteiger partial charge >= 0.3 is 5.97 Å². The summed E-state index contributed by atoms with van der Waals surface area (Å²) in [6.07, 6.45) is 5.81. The predicted octanol–water partition coefficient (Wildman–Crippen LogP) is 3.04. The maximum absolute atomic E-state index is 11.1. The van der Waals surface area contributed by atoms with Crippen LogP contribution in [0.5, 0.6) is 0 Å². The molecule has 0 bridgehead atoms. The van der Waals surface area contributed by atoms with Crippen LogP contribution in [0.25, 0.3) is 6.08 Å². The molecular formula is C19H21N3O3S. The van der Waals surface area contributed by atoms with Crippen LogP contribution in [0.1, 0.15) is 34.1 Å². The smallest absolute Gasteiger partial charge is 0.335 e. The largest absolute Gasteiger partial charge is 0.478 e. The van der Waals surface area contributed by atoms with E-state index in [-0.39, 0.29) is 5.91 Å². The first-order chi connectivity index (χ1) is 12.5. The molecule has 1 unspecified atom stereocenters. The standard InChI is InChI=1S/C19H21N3O3S/c1-12(23)22-19-21-11-17(26-19)9-16-10-20-7-6-15(16)8-13-2-4-14(5-3-13)18(24)25/h2-5,8,11,16,20H,6-7,9-10H2,1H3,(H,24,25)(H,21,22,23). The van der Waals surface area contributed by atoms with E-state index in [1.807, 2.05) is 18.3 Å². The summed E-state index contributed by atoms with van der Waals surface area (Å²) in [5.74, 6) is -0.673. The lowest BCUT2D eigenvalue weighted by Crippen LogP contribution is -2.32. The van der Waals surface area contributed by atoms with E-state index >= 15 is 0 Å². The van der Waals surface area contributed by atoms with Gasteiger partial charge in [-0.25, -0.2) is 9.78 Å². The summed E-state index contributed by atoms with van der Waals surface area (Å²) in [4.78, 5) is 27.5. The molecule has 7 heteroatoms. The highest BCUT2D eigenvalue weighted by atomic mass is 32.1. The zero-order chi connectivity index (χ0) is 18.5. The molecule has 1 aliphatic rings. The third-order valence-corrected chi connectivity index (χ3v) is 5.23. The van der Waals surface area contributed by atoms with Crippen molar-refractivity contribution < 1.29 is 14.7 Å². The summed E-state index contributed by atoms with van der Waals surface area (Å²) < 4.78 is 0. The second-order valence-electron chi connectivity index (χ2n) is 6.31. The van der Waals surface area contributed by atoms with Gasteiger partial charge in [0.15, 0.2) is 5.13 Å². The van der Waals surface area contributed by atoms with E-state index in [1.54, 1.807) is 12.1 Å². The molecule has 2 aromatic rings. The molecular weight excluding hydrogens is 350 g/mol. The van der Waals surface area contributed by atoms with Crippen molar-refractivity contribution in [1.29, 1.82) is 0 Å². The Bertz CT molecular complexity index is 827. The molecule has 0 saturated carbocycles. The normalized spacial score (nSPS) is 18.7. The molecule has 1 saturated heterocycles. The Kier molecular flexibility index (Phi) is 5.80. The predicted molar refractivity (Wildman–Crippen MR) is 102 cm³/mol. The average Bonchev–Trinajstić information content (AvgIpc) is 3.03. The summed E-state index contributed by atoms with van der Waals surface area (Å²) in [5, 5.41) is 15.8. The SMILES string of the molecule is CC(=O)Nc1ncc(CC2CNCCC2=Cc2ccc(C(=O)O)cc2)s1. The molecule has 1 aromatic carbocycles. The van der Waals surface area contributed by atoms with Crippen LogP contribution in [0.2, 0.25) is 0 Å². The van der Waals surface area contributed by atoms with Crippen LogP contribution in [0.4, 0.5) is 5.13 Å². The number of anilines is 1. The van der Waals surface area contributed by atoms with Gasteiger partial charge in [-0.2, -0.15) is 0 Å². The number of aromatic nitrogens is 1. The zero-order valence-corrected chi connectivity index (χ0v) is 15.3. The third kappa shape index (κ3) is 4.77. The molecule has 3 rings (SSSR count). The van der Waals surface area contributed by atoms with Crippen molar-refractivity contribution >= 4 is 34.4 Å². The second kappa shape index (κ2) is 8.25. The molecule has 1 fully saturated rings. The number of carbonyl (C=O) groups is 2. The quantitative estimate of drug-likeness (QED) is 0.751. The van der Waals surface area contributed by atoms with Gasteiger partial charge in [-0.3, -0.25) is 4.79 Å². The van der Waals surface area contributed by atoms with Crippen LogP contribution >= 0.6 is 11.3 Å². The van der Waals surface area contributed by atoms with Crippen LogP contribution < -0.4 is 10.6 Å². The lowest BCUT2D eigenvalue weighted by molar-refractivity contribution is -0.114. The number of carbonyl (C=O) groups excluding carboxylic acids is 1. The van der Waals surface area contributed by atoms with E-state index in [2.05, 4.69) is 21.7 Å². The number of thiazole rings is 1. The van der Waals surface area contributed by atoms with E-state index < -0.39 is 5.97 Å². The summed E-state index contributed by atoms with van der Waals surface area (Å²) in [7, 11) is 0. The molecule has 0 radical (unpaired) electrons. The number of amides is 1. The van der Waals surface area contributed by atoms with Crippen molar-refractivity contribution in [2.75, 3.05) is 18.4 Å². The van der Waals surface area contributed by atoms with Gasteiger partial charge in [-0.1, -0.05) is 23.8 Å². The summed E-state index contributed by atoms with van der Waals surface area (Å²) >= 11 is 1.51. The van der Waals surface area contributed by atoms with Gasteiger partial charge in [0.2, 0.25) is 5.91 Å². The first-order valence-electron chi connectivity index (χ1n) is 8.48. The number of rotatable bonds is 5. The van der Waals surface area contributed by atoms with E-state index in [1.165, 1.54) is 23.8 Å². The molecule has 1 aliphatic heterocycles. The van der Waals surface area contributed by atoms with Crippen LogP contribution in [0.3, 0.4) is 0 Å². The highest BCUT2D eigenvalue weighted by Crippen LogP contribution is 2.28. The van der Waals surface area contributed by atoms with E-state index in [0.29, 0.717) is 16.6 Å². The lowest BCUT2D eigenvalue weighted by Gasteiger charge is -2.26. The van der Waals surface area contributed by atoms with E-state index in [9.17, 15) is 9.59 Å². The summed E-state index contributed by atoms with van der Waals surface area (Å²) in [6, 6.07) is 6.95. The fourth-order valence-electron chi connectivity index (χ4n) is 3.03. The van der Waals surface area contributed by atoms with Crippen LogP contribution in [-0.2, 0) is 11.2 Å². The molecule has 0 spiro atoms. The van der Waals surface area contributed by atoms with Gasteiger partial charge in [0.1, 0.15) is 0 Å². The fourth-order valence-corrected chi connectivity index (χ4v) is 3.97. The van der Waals surface area contributed by atoms with Crippen molar-refractivity contribution in [1.82, 2.24) is 10.3 Å². The van der Waals surface area contributed by atoms with Crippen LogP contribution in [0.15, 0.2) is 36.0 Å². The number of carboxylic acids is 1. The minimum atomic E-state index is -0.913. The van der Waals surface area contributed by atoms with Gasteiger partial charge < -0.3 is 15.7 Å². The average molecular weight is 371 g/mol. The van der Waals surface area contributed by atoms with Gasteiger partial charge in [-0.15, -0.1) is 11.3 Å². The summed E-state index contributed by atoms with van der Waals surface area (Å²) in [5.41, 5.74) is 2.66. The molecule has 6 nitrogen and oxygen atoms in total. The van der Waals surface area contributed by atoms with Crippen molar-refractivity contribution in [3.63, 3.8) is 0 Å². The number of hydrogen-bond acceptors (Lipinski definition) is 5. The Morgan fingerprint density at radius 1 is 1.38 bits per heavy atom. The second-order valence-corrected chi connectivity index (χ2v) is 7.43. The molecule has 1 atom stereocenters. The zero-order valence-electron chi connectivity index (χ0n) is 14.5. The number of aromatic carboxylic acids is 1. The highest BCUT2D eigenvalue weighted by Gasteiger charge is 2.20. The molecule has 1 aromatic heterocycles. The number of piperidine rings is 1. The molecule has 3 N–H and O–H groups in total. The van der Waals surface area contributed by atoms with Crippen LogP contribution in [-0.4, -0.2) is 35.1 Å². The van der Waals surface area contributed by atoms with Gasteiger partial charge in [0.05, 0.1) is 5.56 Å². The van der Waals surface area contributed by atoms with E-state index in [4.69, 9.17) is 5.11 Å². The maximum Gasteiger partial charge on any atom is 0.335 e. The number of nitrogens with zero attached hydrogens (tertiary/aromatic N) is 1. The molecule has 0 aliphatic carbocycles. The highest BCUT2D eigenvalue weighted by molar-refractivity contribution is 7.15. The number of hydrogen-bond donors (Lipinski definition) is 3. The van der Waals surface area contributed by atoms with Gasteiger partial charge in [-0.05, 0) is 43.0 Å². The Labute approximate surface area is 156 Å². The first-order valence-corrected chi connectivity index (χ1v) is 9.30. The number of nitrogens with one attached hydrogen (secondary N) is 2. The van der Waals surface area contributed by atoms with E-state index in [0.717, 1.165) is 36.4 Å². The van der Waals surface area contributed by atoms with Crippen LogP contribution in [0, 0.1) is 5.92 Å². The van der Waals surface area contributed by atoms with Crippen molar-refractivity contribution in [3.05, 3.63) is 52.0 Å². The Hall–Kier alpha value is -2.51. The Morgan fingerprint density at radius 3 is 2.85 bits per heavy atom. The topological polar surface area (TPSA) is 91.3 Å². The molecule has 136 valence electrons. The summed E-state index contributed by atoms with van der Waals surface area (Å²) in [6.45, 7) is 3.31. The maximum atomic E-state index is 11.1. The molecule has 1 amide bonds. The minimum Gasteiger partial charge on any atom is -0.478 e. The Balaban J connectivity index is 1.73. The fraction of sp³-hybridized carbons (Fsp3) is 0.316. The molecule has 26 heavy (non-hydrogen) atoms. The molecule has 2 heterocycles. The van der Waals surface area contributed by atoms with Gasteiger partial charge in [0, 0.05) is 24.5 Å². The van der Waals surface area contributed by atoms with Gasteiger partial charge in [0.25, 0.3) is 0 Å². The minimum absolute atomic E-state index is 0.115. The number of benzene rings is 1.